The van der Waals surface area contributed by atoms with Crippen LogP contribution in [0.4, 0.5) is 0 Å². The van der Waals surface area contributed by atoms with Gasteiger partial charge in [0.1, 0.15) is 5.60 Å². The number of hydrogen-bond acceptors (Lipinski definition) is 3. The smallest absolute Gasteiger partial charge is 0.118 e. The van der Waals surface area contributed by atoms with Crippen LogP contribution in [0.2, 0.25) is 0 Å². The molecule has 0 aromatic carbocycles. The summed E-state index contributed by atoms with van der Waals surface area (Å²) in [5.74, 6) is 0. The molecule has 2 N–H and O–H groups in total. The van der Waals surface area contributed by atoms with Gasteiger partial charge in [0.2, 0.25) is 0 Å². The van der Waals surface area contributed by atoms with Gasteiger partial charge >= 0.3 is 0 Å². The highest BCUT2D eigenvalue weighted by Gasteiger charge is 2.43. The lowest BCUT2D eigenvalue weighted by Crippen LogP contribution is -2.69. The summed E-state index contributed by atoms with van der Waals surface area (Å²) >= 11 is 0. The minimum atomic E-state index is -0.292. The van der Waals surface area contributed by atoms with Gasteiger partial charge in [0.25, 0.3) is 0 Å². The van der Waals surface area contributed by atoms with Gasteiger partial charge in [-0.15, -0.1) is 0 Å². The number of nitrogens with one attached hydrogen (secondary N) is 1. The first-order valence-electron chi connectivity index (χ1n) is 3.14. The fourth-order valence-corrected chi connectivity index (χ4v) is 1.04. The largest absolute Gasteiger partial charge is 0.393 e. The Kier molecular flexibility index (Phi) is 1.75. The highest BCUT2D eigenvalue weighted by atomic mass is 16.5. The number of rotatable bonds is 2. The highest BCUT2D eigenvalue weighted by molar-refractivity contribution is 5.01. The Bertz CT molecular complexity index is 95.7. The molecule has 0 aromatic rings. The minimum Gasteiger partial charge on any atom is -0.393 e. The molecule has 1 rings (SSSR count). The topological polar surface area (TPSA) is 41.5 Å². The van der Waals surface area contributed by atoms with Crippen LogP contribution >= 0.6 is 0 Å². The van der Waals surface area contributed by atoms with Crippen LogP contribution in [0.1, 0.15) is 6.92 Å². The molecule has 0 spiro atoms. The molecular weight excluding hydrogens is 118 g/mol. The van der Waals surface area contributed by atoms with Crippen molar-refractivity contribution >= 4 is 0 Å². The minimum absolute atomic E-state index is 0.109. The van der Waals surface area contributed by atoms with Crippen LogP contribution in [0.25, 0.3) is 0 Å². The van der Waals surface area contributed by atoms with Gasteiger partial charge in [0, 0.05) is 19.7 Å². The lowest BCUT2D eigenvalue weighted by molar-refractivity contribution is -0.116. The Balaban J connectivity index is 2.48. The monoisotopic (exact) mass is 131 g/mol. The number of aliphatic hydroxyl groups excluding tert-OH is 1. The molecule has 0 saturated carbocycles. The van der Waals surface area contributed by atoms with Crippen molar-refractivity contribution in [3.8, 4) is 0 Å². The van der Waals surface area contributed by atoms with E-state index in [1.165, 1.54) is 0 Å². The Morgan fingerprint density at radius 3 is 2.56 bits per heavy atom. The Labute approximate surface area is 55.0 Å². The molecule has 0 bridgehead atoms. The molecule has 3 nitrogen and oxygen atoms in total. The maximum atomic E-state index is 8.84. The summed E-state index contributed by atoms with van der Waals surface area (Å²) < 4.78 is 5.12. The van der Waals surface area contributed by atoms with Gasteiger partial charge < -0.3 is 15.2 Å². The van der Waals surface area contributed by atoms with Gasteiger partial charge in [-0.2, -0.15) is 0 Å². The van der Waals surface area contributed by atoms with Crippen LogP contribution in [0.15, 0.2) is 0 Å². The quantitative estimate of drug-likeness (QED) is 0.523. The third kappa shape index (κ3) is 0.852. The van der Waals surface area contributed by atoms with E-state index in [9.17, 15) is 0 Å². The van der Waals surface area contributed by atoms with Gasteiger partial charge in [-0.25, -0.2) is 0 Å². The van der Waals surface area contributed by atoms with Gasteiger partial charge in [-0.3, -0.25) is 0 Å². The summed E-state index contributed by atoms with van der Waals surface area (Å²) in [6.45, 7) is 2.88. The number of aliphatic hydroxyl groups is 1. The molecule has 1 saturated heterocycles. The summed E-state index contributed by atoms with van der Waals surface area (Å²) in [5, 5.41) is 12.0. The Morgan fingerprint density at radius 2 is 2.56 bits per heavy atom. The maximum Gasteiger partial charge on any atom is 0.118 e. The highest BCUT2D eigenvalue weighted by Crippen LogP contribution is 2.21. The average Bonchev–Trinajstić information content (AvgIpc) is 1.89. The molecule has 1 aliphatic rings. The second-order valence-electron chi connectivity index (χ2n) is 2.53. The van der Waals surface area contributed by atoms with Crippen LogP contribution in [0.5, 0.6) is 0 Å². The van der Waals surface area contributed by atoms with Crippen molar-refractivity contribution < 1.29 is 9.84 Å². The van der Waals surface area contributed by atoms with Crippen molar-refractivity contribution in [3.05, 3.63) is 0 Å². The fraction of sp³-hybridized carbons (Fsp3) is 1.00. The zero-order valence-corrected chi connectivity index (χ0v) is 5.85. The molecular formula is C6H13NO2. The van der Waals surface area contributed by atoms with Crippen LogP contribution in [-0.2, 0) is 4.74 Å². The van der Waals surface area contributed by atoms with Crippen molar-refractivity contribution in [3.63, 3.8) is 0 Å². The van der Waals surface area contributed by atoms with Crippen molar-refractivity contribution in [1.29, 1.82) is 0 Å². The standard InChI is InChI=1S/C6H13NO2/c1-5-6(4-8,9-2)3-7-5/h5,7-8H,3-4H2,1-2H3/t5-,6?/m1/s1. The van der Waals surface area contributed by atoms with Crippen LogP contribution in [0.3, 0.4) is 0 Å². The van der Waals surface area contributed by atoms with E-state index in [1.54, 1.807) is 7.11 Å². The molecule has 0 aliphatic carbocycles. The van der Waals surface area contributed by atoms with E-state index < -0.39 is 0 Å². The second-order valence-corrected chi connectivity index (χ2v) is 2.53. The third-order valence-electron chi connectivity index (χ3n) is 2.17. The molecule has 0 aromatic heterocycles. The summed E-state index contributed by atoms with van der Waals surface area (Å²) in [6.07, 6.45) is 0. The summed E-state index contributed by atoms with van der Waals surface area (Å²) in [6, 6.07) is 0.285. The SMILES string of the molecule is COC1(CO)CN[C@@H]1C. The summed E-state index contributed by atoms with van der Waals surface area (Å²) in [4.78, 5) is 0. The van der Waals surface area contributed by atoms with Crippen LogP contribution in [0, 0.1) is 0 Å². The van der Waals surface area contributed by atoms with E-state index >= 15 is 0 Å². The molecule has 1 fully saturated rings. The van der Waals surface area contributed by atoms with E-state index in [4.69, 9.17) is 9.84 Å². The lowest BCUT2D eigenvalue weighted by Gasteiger charge is -2.46. The van der Waals surface area contributed by atoms with E-state index in [1.807, 2.05) is 6.92 Å². The van der Waals surface area contributed by atoms with Gasteiger partial charge in [-0.05, 0) is 6.92 Å². The number of ether oxygens (including phenoxy) is 1. The molecule has 3 heteroatoms. The zero-order valence-electron chi connectivity index (χ0n) is 5.85. The van der Waals surface area contributed by atoms with Crippen molar-refractivity contribution in [2.24, 2.45) is 0 Å². The van der Waals surface area contributed by atoms with E-state index in [-0.39, 0.29) is 18.2 Å². The molecule has 1 unspecified atom stereocenters. The molecule has 2 atom stereocenters. The maximum absolute atomic E-state index is 8.84. The predicted molar refractivity (Wildman–Crippen MR) is 34.3 cm³/mol. The van der Waals surface area contributed by atoms with Crippen molar-refractivity contribution in [2.75, 3.05) is 20.3 Å². The molecule has 1 heterocycles. The van der Waals surface area contributed by atoms with Crippen molar-refractivity contribution in [1.82, 2.24) is 5.32 Å². The third-order valence-corrected chi connectivity index (χ3v) is 2.17. The first kappa shape index (κ1) is 6.99. The van der Waals surface area contributed by atoms with E-state index in [0.29, 0.717) is 0 Å². The van der Waals surface area contributed by atoms with E-state index in [0.717, 1.165) is 6.54 Å². The first-order valence-corrected chi connectivity index (χ1v) is 3.14. The fourth-order valence-electron chi connectivity index (χ4n) is 1.04. The van der Waals surface area contributed by atoms with E-state index in [2.05, 4.69) is 5.32 Å². The number of hydrogen-bond donors (Lipinski definition) is 2. The predicted octanol–water partition coefficient (Wildman–Crippen LogP) is -0.644. The lowest BCUT2D eigenvalue weighted by atomic mass is 9.88. The summed E-state index contributed by atoms with van der Waals surface area (Å²) in [7, 11) is 1.63. The molecule has 54 valence electrons. The van der Waals surface area contributed by atoms with Crippen molar-refractivity contribution in [2.45, 2.75) is 18.6 Å². The Hall–Kier alpha value is -0.120. The average molecular weight is 131 g/mol. The molecule has 1 aliphatic heterocycles. The van der Waals surface area contributed by atoms with Crippen LogP contribution in [-0.4, -0.2) is 37.0 Å². The summed E-state index contributed by atoms with van der Waals surface area (Å²) in [5.41, 5.74) is -0.292. The van der Waals surface area contributed by atoms with Gasteiger partial charge in [0.05, 0.1) is 6.61 Å². The zero-order chi connectivity index (χ0) is 6.91. The second kappa shape index (κ2) is 2.25. The Morgan fingerprint density at radius 1 is 1.89 bits per heavy atom. The van der Waals surface area contributed by atoms with Gasteiger partial charge in [0.15, 0.2) is 0 Å². The first-order chi connectivity index (χ1) is 4.25. The normalized spacial score (nSPS) is 42.3. The molecule has 0 radical (unpaired) electrons. The molecule has 9 heavy (non-hydrogen) atoms. The molecule has 0 amide bonds. The van der Waals surface area contributed by atoms with Crippen LogP contribution < -0.4 is 5.32 Å². The van der Waals surface area contributed by atoms with Gasteiger partial charge in [-0.1, -0.05) is 0 Å². The number of methoxy groups -OCH3 is 1.